The molecule has 1 unspecified atom stereocenters. The summed E-state index contributed by atoms with van der Waals surface area (Å²) in [5.41, 5.74) is 0. The zero-order chi connectivity index (χ0) is 13.4. The van der Waals surface area contributed by atoms with Crippen LogP contribution in [0.25, 0.3) is 0 Å². The number of rotatable bonds is 8. The van der Waals surface area contributed by atoms with E-state index in [0.29, 0.717) is 18.4 Å². The molecule has 0 aliphatic heterocycles. The van der Waals surface area contributed by atoms with Crippen LogP contribution in [0.3, 0.4) is 0 Å². The third kappa shape index (κ3) is 4.33. The molecule has 1 atom stereocenters. The van der Waals surface area contributed by atoms with Crippen molar-refractivity contribution >= 4 is 5.95 Å². The summed E-state index contributed by atoms with van der Waals surface area (Å²) in [5.74, 6) is 0.791. The molecule has 1 aromatic heterocycles. The van der Waals surface area contributed by atoms with Crippen molar-refractivity contribution in [2.24, 2.45) is 5.92 Å². The number of methoxy groups -OCH3 is 2. The van der Waals surface area contributed by atoms with Crippen LogP contribution in [0.5, 0.6) is 12.0 Å². The molecule has 0 bridgehead atoms. The molecule has 102 valence electrons. The van der Waals surface area contributed by atoms with Crippen LogP contribution in [0.1, 0.15) is 19.8 Å². The van der Waals surface area contributed by atoms with Crippen molar-refractivity contribution < 1.29 is 14.6 Å². The first kappa shape index (κ1) is 14.4. The van der Waals surface area contributed by atoms with Gasteiger partial charge in [-0.2, -0.15) is 9.97 Å². The molecule has 1 heterocycles. The predicted octanol–water partition coefficient (Wildman–Crippen LogP) is 0.709. The standard InChI is InChI=1S/C11H20N4O3/c1-4-8(5-6-16)7-12-9-13-10(17-2)15-11(14-9)18-3/h8,16H,4-7H2,1-3H3,(H,12,13,14,15). The van der Waals surface area contributed by atoms with Crippen LogP contribution in [-0.2, 0) is 0 Å². The van der Waals surface area contributed by atoms with E-state index in [2.05, 4.69) is 27.2 Å². The second-order valence-electron chi connectivity index (χ2n) is 3.80. The van der Waals surface area contributed by atoms with Crippen molar-refractivity contribution in [3.8, 4) is 12.0 Å². The summed E-state index contributed by atoms with van der Waals surface area (Å²) >= 11 is 0. The van der Waals surface area contributed by atoms with E-state index in [1.54, 1.807) is 0 Å². The summed E-state index contributed by atoms with van der Waals surface area (Å²) in [5, 5.41) is 12.0. The van der Waals surface area contributed by atoms with Gasteiger partial charge in [0.1, 0.15) is 0 Å². The van der Waals surface area contributed by atoms with E-state index in [-0.39, 0.29) is 18.6 Å². The quantitative estimate of drug-likeness (QED) is 0.708. The average Bonchev–Trinajstić information content (AvgIpc) is 2.42. The molecule has 0 aliphatic carbocycles. The summed E-state index contributed by atoms with van der Waals surface area (Å²) in [6, 6.07) is 0.416. The second-order valence-corrected chi connectivity index (χ2v) is 3.80. The first-order valence-electron chi connectivity index (χ1n) is 5.92. The van der Waals surface area contributed by atoms with Crippen molar-refractivity contribution in [3.63, 3.8) is 0 Å². The maximum Gasteiger partial charge on any atom is 0.324 e. The lowest BCUT2D eigenvalue weighted by atomic mass is 10.0. The minimum Gasteiger partial charge on any atom is -0.467 e. The van der Waals surface area contributed by atoms with E-state index in [0.717, 1.165) is 12.8 Å². The molecule has 0 fully saturated rings. The molecule has 7 heteroatoms. The van der Waals surface area contributed by atoms with Gasteiger partial charge in [0.25, 0.3) is 0 Å². The number of nitrogens with zero attached hydrogens (tertiary/aromatic N) is 3. The Labute approximate surface area is 107 Å². The Morgan fingerprint density at radius 1 is 1.17 bits per heavy atom. The van der Waals surface area contributed by atoms with Gasteiger partial charge in [0, 0.05) is 13.2 Å². The Morgan fingerprint density at radius 2 is 1.78 bits per heavy atom. The lowest BCUT2D eigenvalue weighted by Crippen LogP contribution is -2.17. The molecule has 0 saturated carbocycles. The number of aliphatic hydroxyl groups is 1. The summed E-state index contributed by atoms with van der Waals surface area (Å²) in [7, 11) is 2.97. The monoisotopic (exact) mass is 256 g/mol. The van der Waals surface area contributed by atoms with Gasteiger partial charge in [0.15, 0.2) is 0 Å². The van der Waals surface area contributed by atoms with Crippen LogP contribution in [0.15, 0.2) is 0 Å². The van der Waals surface area contributed by atoms with E-state index in [1.807, 2.05) is 0 Å². The highest BCUT2D eigenvalue weighted by Crippen LogP contribution is 2.14. The van der Waals surface area contributed by atoms with Gasteiger partial charge in [-0.1, -0.05) is 13.3 Å². The molecule has 0 spiro atoms. The van der Waals surface area contributed by atoms with Crippen LogP contribution in [0, 0.1) is 5.92 Å². The van der Waals surface area contributed by atoms with Gasteiger partial charge in [-0.25, -0.2) is 0 Å². The summed E-state index contributed by atoms with van der Waals surface area (Å²) in [6.45, 7) is 2.95. The second kappa shape index (κ2) is 7.65. The van der Waals surface area contributed by atoms with Gasteiger partial charge in [-0.3, -0.25) is 0 Å². The van der Waals surface area contributed by atoms with Gasteiger partial charge in [0.2, 0.25) is 5.95 Å². The Bertz CT molecular complexity index is 340. The molecular weight excluding hydrogens is 236 g/mol. The Balaban J connectivity index is 2.65. The van der Waals surface area contributed by atoms with Gasteiger partial charge < -0.3 is 19.9 Å². The van der Waals surface area contributed by atoms with Crippen molar-refractivity contribution in [2.75, 3.05) is 32.7 Å². The Kier molecular flexibility index (Phi) is 6.13. The number of nitrogens with one attached hydrogen (secondary N) is 1. The number of anilines is 1. The van der Waals surface area contributed by atoms with Crippen LogP contribution in [0.2, 0.25) is 0 Å². The fourth-order valence-electron chi connectivity index (χ4n) is 1.47. The zero-order valence-electron chi connectivity index (χ0n) is 11.0. The first-order valence-corrected chi connectivity index (χ1v) is 5.92. The lowest BCUT2D eigenvalue weighted by Gasteiger charge is -2.14. The molecule has 0 amide bonds. The molecule has 0 aliphatic rings. The molecular formula is C11H20N4O3. The number of ether oxygens (including phenoxy) is 2. The molecule has 0 radical (unpaired) electrons. The van der Waals surface area contributed by atoms with Crippen molar-refractivity contribution in [2.45, 2.75) is 19.8 Å². The number of aliphatic hydroxyl groups excluding tert-OH is 1. The first-order chi connectivity index (χ1) is 8.73. The third-order valence-corrected chi connectivity index (χ3v) is 2.62. The average molecular weight is 256 g/mol. The topological polar surface area (TPSA) is 89.4 Å². The van der Waals surface area contributed by atoms with E-state index >= 15 is 0 Å². The highest BCUT2D eigenvalue weighted by Gasteiger charge is 2.09. The minimum absolute atomic E-state index is 0.185. The molecule has 18 heavy (non-hydrogen) atoms. The zero-order valence-corrected chi connectivity index (χ0v) is 11.0. The predicted molar refractivity (Wildman–Crippen MR) is 66.9 cm³/mol. The molecule has 7 nitrogen and oxygen atoms in total. The SMILES string of the molecule is CCC(CCO)CNc1nc(OC)nc(OC)n1. The van der Waals surface area contributed by atoms with E-state index in [9.17, 15) is 0 Å². The van der Waals surface area contributed by atoms with Gasteiger partial charge in [-0.15, -0.1) is 4.98 Å². The van der Waals surface area contributed by atoms with Crippen LogP contribution >= 0.6 is 0 Å². The summed E-state index contributed by atoms with van der Waals surface area (Å²) in [6.07, 6.45) is 1.73. The highest BCUT2D eigenvalue weighted by atomic mass is 16.5. The van der Waals surface area contributed by atoms with Crippen LogP contribution in [-0.4, -0.2) is 47.4 Å². The van der Waals surface area contributed by atoms with Crippen LogP contribution in [0.4, 0.5) is 5.95 Å². The lowest BCUT2D eigenvalue weighted by molar-refractivity contribution is 0.258. The van der Waals surface area contributed by atoms with Gasteiger partial charge in [0.05, 0.1) is 14.2 Å². The minimum atomic E-state index is 0.185. The van der Waals surface area contributed by atoms with E-state index in [4.69, 9.17) is 14.6 Å². The van der Waals surface area contributed by atoms with Crippen molar-refractivity contribution in [1.29, 1.82) is 0 Å². The Morgan fingerprint density at radius 3 is 2.22 bits per heavy atom. The van der Waals surface area contributed by atoms with Crippen LogP contribution < -0.4 is 14.8 Å². The highest BCUT2D eigenvalue weighted by molar-refractivity contribution is 5.27. The smallest absolute Gasteiger partial charge is 0.324 e. The summed E-state index contributed by atoms with van der Waals surface area (Å²) in [4.78, 5) is 12.0. The maximum atomic E-state index is 8.92. The molecule has 1 aromatic rings. The number of aromatic nitrogens is 3. The van der Waals surface area contributed by atoms with E-state index < -0.39 is 0 Å². The number of hydrogen-bond donors (Lipinski definition) is 2. The largest absolute Gasteiger partial charge is 0.467 e. The molecule has 0 saturated heterocycles. The normalized spacial score (nSPS) is 12.0. The molecule has 2 N–H and O–H groups in total. The van der Waals surface area contributed by atoms with Crippen molar-refractivity contribution in [3.05, 3.63) is 0 Å². The fourth-order valence-corrected chi connectivity index (χ4v) is 1.47. The fraction of sp³-hybridized carbons (Fsp3) is 0.727. The van der Waals surface area contributed by atoms with Gasteiger partial charge in [-0.05, 0) is 12.3 Å². The van der Waals surface area contributed by atoms with Crippen molar-refractivity contribution in [1.82, 2.24) is 15.0 Å². The maximum absolute atomic E-state index is 8.92. The molecule has 1 rings (SSSR count). The number of hydrogen-bond acceptors (Lipinski definition) is 7. The summed E-state index contributed by atoms with van der Waals surface area (Å²) < 4.78 is 9.91. The molecule has 0 aromatic carbocycles. The van der Waals surface area contributed by atoms with E-state index in [1.165, 1.54) is 14.2 Å². The Hall–Kier alpha value is -1.63. The van der Waals surface area contributed by atoms with Gasteiger partial charge >= 0.3 is 12.0 Å². The third-order valence-electron chi connectivity index (χ3n) is 2.62.